The molecule has 1 aromatic rings. The van der Waals surface area contributed by atoms with Crippen LogP contribution in [0.2, 0.25) is 0 Å². The molecular formula is C15H19BrN2O. The summed E-state index contributed by atoms with van der Waals surface area (Å²) in [6.45, 7) is 4.23. The molecule has 1 aliphatic carbocycles. The lowest BCUT2D eigenvalue weighted by Crippen LogP contribution is -2.22. The van der Waals surface area contributed by atoms with Crippen LogP contribution in [0, 0.1) is 12.8 Å². The van der Waals surface area contributed by atoms with Crippen LogP contribution in [-0.4, -0.2) is 11.6 Å². The maximum absolute atomic E-state index is 12.0. The van der Waals surface area contributed by atoms with Crippen molar-refractivity contribution in [1.82, 2.24) is 5.43 Å². The van der Waals surface area contributed by atoms with Gasteiger partial charge in [-0.1, -0.05) is 28.9 Å². The van der Waals surface area contributed by atoms with Crippen molar-refractivity contribution in [2.45, 2.75) is 39.5 Å². The number of nitrogens with one attached hydrogen (secondary N) is 1. The SMILES string of the molecule is Cc1ccc(C(=O)N/N=C2\CCCC(C)C2)cc1Br. The predicted molar refractivity (Wildman–Crippen MR) is 81.4 cm³/mol. The Kier molecular flexibility index (Phi) is 4.75. The lowest BCUT2D eigenvalue weighted by atomic mass is 9.89. The van der Waals surface area contributed by atoms with Gasteiger partial charge in [-0.05, 0) is 56.2 Å². The van der Waals surface area contributed by atoms with Crippen molar-refractivity contribution in [3.63, 3.8) is 0 Å². The highest BCUT2D eigenvalue weighted by atomic mass is 79.9. The fraction of sp³-hybridized carbons (Fsp3) is 0.467. The molecule has 3 nitrogen and oxygen atoms in total. The van der Waals surface area contributed by atoms with Gasteiger partial charge in [-0.15, -0.1) is 0 Å². The van der Waals surface area contributed by atoms with E-state index >= 15 is 0 Å². The van der Waals surface area contributed by atoms with Gasteiger partial charge in [0.15, 0.2) is 0 Å². The van der Waals surface area contributed by atoms with Crippen LogP contribution in [0.25, 0.3) is 0 Å². The average Bonchev–Trinajstić information content (AvgIpc) is 2.39. The van der Waals surface area contributed by atoms with Crippen molar-refractivity contribution in [2.24, 2.45) is 11.0 Å². The topological polar surface area (TPSA) is 41.5 Å². The van der Waals surface area contributed by atoms with Gasteiger partial charge >= 0.3 is 0 Å². The minimum absolute atomic E-state index is 0.147. The van der Waals surface area contributed by atoms with Crippen molar-refractivity contribution >= 4 is 27.5 Å². The van der Waals surface area contributed by atoms with E-state index in [1.54, 1.807) is 0 Å². The molecule has 1 amide bonds. The van der Waals surface area contributed by atoms with Crippen molar-refractivity contribution in [1.29, 1.82) is 0 Å². The fourth-order valence-electron chi connectivity index (χ4n) is 2.29. The Morgan fingerprint density at radius 1 is 1.47 bits per heavy atom. The van der Waals surface area contributed by atoms with E-state index in [1.165, 1.54) is 12.8 Å². The Bertz CT molecular complexity index is 511. The molecule has 1 atom stereocenters. The summed E-state index contributed by atoms with van der Waals surface area (Å²) in [4.78, 5) is 12.0. The van der Waals surface area contributed by atoms with Crippen LogP contribution < -0.4 is 5.43 Å². The number of carbonyl (C=O) groups is 1. The van der Waals surface area contributed by atoms with Crippen LogP contribution in [0.3, 0.4) is 0 Å². The molecule has 4 heteroatoms. The van der Waals surface area contributed by atoms with Gasteiger partial charge in [0.2, 0.25) is 0 Å². The van der Waals surface area contributed by atoms with Crippen LogP contribution in [0.15, 0.2) is 27.8 Å². The molecule has 102 valence electrons. The number of amides is 1. The van der Waals surface area contributed by atoms with Crippen molar-refractivity contribution < 1.29 is 4.79 Å². The zero-order valence-electron chi connectivity index (χ0n) is 11.4. The Morgan fingerprint density at radius 3 is 2.95 bits per heavy atom. The Hall–Kier alpha value is -1.16. The average molecular weight is 323 g/mol. The minimum atomic E-state index is -0.147. The summed E-state index contributed by atoms with van der Waals surface area (Å²) in [7, 11) is 0. The molecule has 1 aliphatic rings. The Morgan fingerprint density at radius 2 is 2.26 bits per heavy atom. The monoisotopic (exact) mass is 322 g/mol. The first-order valence-corrected chi connectivity index (χ1v) is 7.47. The van der Waals surface area contributed by atoms with E-state index in [0.717, 1.165) is 28.6 Å². The number of aryl methyl sites for hydroxylation is 1. The standard InChI is InChI=1S/C15H19BrN2O/c1-10-4-3-5-13(8-10)17-18-15(19)12-7-6-11(2)14(16)9-12/h6-7,9-10H,3-5,8H2,1-2H3,(H,18,19)/b17-13+. The van der Waals surface area contributed by atoms with Gasteiger partial charge in [0, 0.05) is 15.7 Å². The summed E-state index contributed by atoms with van der Waals surface area (Å²) in [5.74, 6) is 0.532. The summed E-state index contributed by atoms with van der Waals surface area (Å²) in [6.07, 6.45) is 4.43. The van der Waals surface area contributed by atoms with E-state index in [-0.39, 0.29) is 5.91 Å². The first-order chi connectivity index (χ1) is 9.06. The molecule has 0 heterocycles. The van der Waals surface area contributed by atoms with Gasteiger partial charge in [0.05, 0.1) is 0 Å². The summed E-state index contributed by atoms with van der Waals surface area (Å²) in [5.41, 5.74) is 5.52. The van der Waals surface area contributed by atoms with Gasteiger partial charge < -0.3 is 0 Å². The number of benzene rings is 1. The highest BCUT2D eigenvalue weighted by Crippen LogP contribution is 2.21. The first kappa shape index (κ1) is 14.3. The van der Waals surface area contributed by atoms with Gasteiger partial charge in [-0.25, -0.2) is 5.43 Å². The zero-order valence-corrected chi connectivity index (χ0v) is 13.0. The van der Waals surface area contributed by atoms with Crippen LogP contribution in [0.4, 0.5) is 0 Å². The molecule has 1 N–H and O–H groups in total. The van der Waals surface area contributed by atoms with Gasteiger partial charge in [-0.3, -0.25) is 4.79 Å². The highest BCUT2D eigenvalue weighted by Gasteiger charge is 2.14. The molecular weight excluding hydrogens is 304 g/mol. The largest absolute Gasteiger partial charge is 0.271 e. The van der Waals surface area contributed by atoms with Crippen LogP contribution in [-0.2, 0) is 0 Å². The predicted octanol–water partition coefficient (Wildman–Crippen LogP) is 4.05. The lowest BCUT2D eigenvalue weighted by Gasteiger charge is -2.18. The van der Waals surface area contributed by atoms with Gasteiger partial charge in [-0.2, -0.15) is 5.10 Å². The van der Waals surface area contributed by atoms with Crippen LogP contribution in [0.5, 0.6) is 0 Å². The second kappa shape index (κ2) is 6.33. The summed E-state index contributed by atoms with van der Waals surface area (Å²) >= 11 is 3.43. The summed E-state index contributed by atoms with van der Waals surface area (Å²) in [5, 5.41) is 4.26. The molecule has 2 rings (SSSR count). The number of hydrogen-bond acceptors (Lipinski definition) is 2. The van der Waals surface area contributed by atoms with E-state index in [9.17, 15) is 4.79 Å². The second-order valence-corrected chi connectivity index (χ2v) is 6.14. The lowest BCUT2D eigenvalue weighted by molar-refractivity contribution is 0.0954. The number of rotatable bonds is 2. The van der Waals surface area contributed by atoms with Crippen molar-refractivity contribution in [2.75, 3.05) is 0 Å². The third-order valence-electron chi connectivity index (χ3n) is 3.50. The van der Waals surface area contributed by atoms with Gasteiger partial charge in [0.25, 0.3) is 5.91 Å². The molecule has 1 fully saturated rings. The molecule has 19 heavy (non-hydrogen) atoms. The molecule has 0 aromatic heterocycles. The third-order valence-corrected chi connectivity index (χ3v) is 4.35. The van der Waals surface area contributed by atoms with Gasteiger partial charge in [0.1, 0.15) is 0 Å². The second-order valence-electron chi connectivity index (χ2n) is 5.28. The number of halogens is 1. The maximum Gasteiger partial charge on any atom is 0.271 e. The zero-order chi connectivity index (χ0) is 13.8. The van der Waals surface area contributed by atoms with E-state index in [1.807, 2.05) is 25.1 Å². The summed E-state index contributed by atoms with van der Waals surface area (Å²) in [6, 6.07) is 5.57. The van der Waals surface area contributed by atoms with E-state index < -0.39 is 0 Å². The number of hydrogen-bond donors (Lipinski definition) is 1. The summed E-state index contributed by atoms with van der Waals surface area (Å²) < 4.78 is 0.944. The quantitative estimate of drug-likeness (QED) is 0.820. The van der Waals surface area contributed by atoms with Crippen molar-refractivity contribution in [3.8, 4) is 0 Å². The van der Waals surface area contributed by atoms with Crippen molar-refractivity contribution in [3.05, 3.63) is 33.8 Å². The molecule has 0 bridgehead atoms. The van der Waals surface area contributed by atoms with E-state index in [0.29, 0.717) is 11.5 Å². The normalized spacial score (nSPS) is 21.4. The molecule has 1 aromatic carbocycles. The first-order valence-electron chi connectivity index (χ1n) is 6.68. The Labute approximate surface area is 122 Å². The fourth-order valence-corrected chi connectivity index (χ4v) is 2.67. The van der Waals surface area contributed by atoms with E-state index in [2.05, 4.69) is 33.4 Å². The molecule has 1 saturated carbocycles. The molecule has 0 spiro atoms. The Balaban J connectivity index is 2.00. The molecule has 0 radical (unpaired) electrons. The number of carbonyl (C=O) groups excluding carboxylic acids is 1. The minimum Gasteiger partial charge on any atom is -0.267 e. The molecule has 0 saturated heterocycles. The smallest absolute Gasteiger partial charge is 0.267 e. The number of hydrazone groups is 1. The third kappa shape index (κ3) is 3.90. The van der Waals surface area contributed by atoms with E-state index in [4.69, 9.17) is 0 Å². The maximum atomic E-state index is 12.0. The van der Waals surface area contributed by atoms with Crippen LogP contribution >= 0.6 is 15.9 Å². The molecule has 0 aliphatic heterocycles. The highest BCUT2D eigenvalue weighted by molar-refractivity contribution is 9.10. The molecule has 1 unspecified atom stereocenters. The van der Waals surface area contributed by atoms with Crippen LogP contribution in [0.1, 0.15) is 48.5 Å². The number of nitrogens with zero attached hydrogens (tertiary/aromatic N) is 1.